The van der Waals surface area contributed by atoms with E-state index in [1.165, 1.54) is 43.6 Å². The van der Waals surface area contributed by atoms with Gasteiger partial charge in [0.05, 0.1) is 0 Å². The first-order chi connectivity index (χ1) is 12.7. The second kappa shape index (κ2) is 6.82. The fourth-order valence-electron chi connectivity index (χ4n) is 3.98. The first-order valence-electron chi connectivity index (χ1n) is 9.02. The number of halogens is 1. The molecular weight excluding hydrogens is 396 g/mol. The maximum Gasteiger partial charge on any atom is 0.174 e. The van der Waals surface area contributed by atoms with E-state index in [-0.39, 0.29) is 17.0 Å². The molecule has 1 heterocycles. The van der Waals surface area contributed by atoms with Crippen molar-refractivity contribution in [3.8, 4) is 0 Å². The third kappa shape index (κ3) is 2.92. The smallest absolute Gasteiger partial charge is 0.174 e. The van der Waals surface area contributed by atoms with Gasteiger partial charge in [-0.05, 0) is 32.3 Å². The van der Waals surface area contributed by atoms with Crippen LogP contribution in [0.4, 0.5) is 5.69 Å². The van der Waals surface area contributed by atoms with Gasteiger partial charge in [-0.1, -0.05) is 54.6 Å². The van der Waals surface area contributed by atoms with Crippen molar-refractivity contribution in [1.29, 1.82) is 0 Å². The fourth-order valence-corrected chi connectivity index (χ4v) is 3.98. The molecule has 3 heteroatoms. The average Bonchev–Trinajstić information content (AvgIpc) is 2.67. The van der Waals surface area contributed by atoms with Gasteiger partial charge in [-0.25, -0.2) is 4.57 Å². The Hall–Kier alpha value is -2.65. The summed E-state index contributed by atoms with van der Waals surface area (Å²) in [6, 6.07) is 24.4. The van der Waals surface area contributed by atoms with E-state index >= 15 is 0 Å². The molecule has 0 unspecified atom stereocenters. The van der Waals surface area contributed by atoms with Gasteiger partial charge in [-0.15, -0.1) is 17.0 Å². The SMILES string of the molecule is Br.CN(C)c1cc[n+](Cc2ccc3ccc4cccc5ccc2c3c45)cc1. The summed E-state index contributed by atoms with van der Waals surface area (Å²) in [4.78, 5) is 2.13. The lowest BCUT2D eigenvalue weighted by atomic mass is 9.92. The number of nitrogens with zero attached hydrogens (tertiary/aromatic N) is 2. The summed E-state index contributed by atoms with van der Waals surface area (Å²) in [5, 5.41) is 8.10. The molecule has 0 N–H and O–H groups in total. The van der Waals surface area contributed by atoms with Crippen LogP contribution in [0, 0.1) is 0 Å². The van der Waals surface area contributed by atoms with E-state index in [1.807, 2.05) is 0 Å². The zero-order valence-electron chi connectivity index (χ0n) is 15.5. The van der Waals surface area contributed by atoms with Crippen LogP contribution in [0.2, 0.25) is 0 Å². The molecule has 0 aliphatic carbocycles. The van der Waals surface area contributed by atoms with E-state index in [1.54, 1.807) is 0 Å². The molecular formula is C24H22BrN2+. The Bertz CT molecular complexity index is 1210. The third-order valence-corrected chi connectivity index (χ3v) is 5.36. The molecule has 0 radical (unpaired) electrons. The monoisotopic (exact) mass is 417 g/mol. The quantitative estimate of drug-likeness (QED) is 0.275. The van der Waals surface area contributed by atoms with Gasteiger partial charge in [-0.3, -0.25) is 0 Å². The molecule has 0 amide bonds. The van der Waals surface area contributed by atoms with Crippen molar-refractivity contribution in [2.45, 2.75) is 6.54 Å². The van der Waals surface area contributed by atoms with Crippen molar-refractivity contribution >= 4 is 55.0 Å². The molecule has 4 aromatic carbocycles. The van der Waals surface area contributed by atoms with Crippen LogP contribution in [-0.2, 0) is 6.54 Å². The van der Waals surface area contributed by atoms with Crippen LogP contribution in [0.1, 0.15) is 5.56 Å². The normalized spacial score (nSPS) is 11.2. The lowest BCUT2D eigenvalue weighted by Crippen LogP contribution is -2.33. The first-order valence-corrected chi connectivity index (χ1v) is 9.02. The number of anilines is 1. The zero-order valence-corrected chi connectivity index (χ0v) is 17.2. The van der Waals surface area contributed by atoms with Crippen LogP contribution >= 0.6 is 17.0 Å². The molecule has 134 valence electrons. The summed E-state index contributed by atoms with van der Waals surface area (Å²) in [5.41, 5.74) is 2.58. The van der Waals surface area contributed by atoms with Gasteiger partial charge < -0.3 is 4.90 Å². The van der Waals surface area contributed by atoms with Crippen LogP contribution in [0.25, 0.3) is 32.3 Å². The molecule has 2 nitrogen and oxygen atoms in total. The summed E-state index contributed by atoms with van der Waals surface area (Å²) in [6.45, 7) is 0.877. The number of pyridine rings is 1. The standard InChI is InChI=1S/C24H21N2.BrH/c1-25(2)21-12-14-26(15-13-21)16-20-9-8-19-7-6-17-4-3-5-18-10-11-22(20)24(19)23(17)18;/h3-15H,16H2,1-2H3;1H/q+1;. The first kappa shape index (κ1) is 17.7. The van der Waals surface area contributed by atoms with Gasteiger partial charge in [0, 0.05) is 37.5 Å². The molecule has 0 saturated carbocycles. The summed E-state index contributed by atoms with van der Waals surface area (Å²) in [5.74, 6) is 0. The van der Waals surface area contributed by atoms with Crippen LogP contribution in [0.15, 0.2) is 79.1 Å². The Morgan fingerprint density at radius 2 is 1.30 bits per heavy atom. The summed E-state index contributed by atoms with van der Waals surface area (Å²) in [6.07, 6.45) is 4.32. The zero-order chi connectivity index (χ0) is 17.7. The molecule has 5 aromatic rings. The fraction of sp³-hybridized carbons (Fsp3) is 0.125. The van der Waals surface area contributed by atoms with Crippen molar-refractivity contribution in [2.24, 2.45) is 0 Å². The minimum Gasteiger partial charge on any atom is -0.377 e. The molecule has 0 aliphatic rings. The Balaban J connectivity index is 0.00000180. The van der Waals surface area contributed by atoms with E-state index < -0.39 is 0 Å². The van der Waals surface area contributed by atoms with Gasteiger partial charge in [0.15, 0.2) is 18.9 Å². The van der Waals surface area contributed by atoms with Gasteiger partial charge in [0.1, 0.15) is 0 Å². The average molecular weight is 418 g/mol. The predicted octanol–water partition coefficient (Wildman–Crippen LogP) is 5.56. The second-order valence-corrected chi connectivity index (χ2v) is 7.20. The van der Waals surface area contributed by atoms with Crippen molar-refractivity contribution in [3.05, 3.63) is 84.7 Å². The van der Waals surface area contributed by atoms with Gasteiger partial charge >= 0.3 is 0 Å². The van der Waals surface area contributed by atoms with E-state index in [0.717, 1.165) is 6.54 Å². The molecule has 0 aliphatic heterocycles. The third-order valence-electron chi connectivity index (χ3n) is 5.36. The minimum absolute atomic E-state index is 0. The molecule has 27 heavy (non-hydrogen) atoms. The molecule has 0 atom stereocenters. The highest BCUT2D eigenvalue weighted by molar-refractivity contribution is 8.93. The van der Waals surface area contributed by atoms with Gasteiger partial charge in [0.25, 0.3) is 0 Å². The maximum absolute atomic E-state index is 2.29. The molecule has 0 fully saturated rings. The maximum atomic E-state index is 2.29. The summed E-state index contributed by atoms with van der Waals surface area (Å²) >= 11 is 0. The lowest BCUT2D eigenvalue weighted by Gasteiger charge is -2.13. The number of hydrogen-bond donors (Lipinski definition) is 0. The number of benzene rings is 4. The highest BCUT2D eigenvalue weighted by Gasteiger charge is 2.13. The van der Waals surface area contributed by atoms with Crippen molar-refractivity contribution < 1.29 is 4.57 Å². The Labute approximate surface area is 169 Å². The summed E-state index contributed by atoms with van der Waals surface area (Å²) < 4.78 is 2.25. The van der Waals surface area contributed by atoms with Gasteiger partial charge in [-0.2, -0.15) is 0 Å². The van der Waals surface area contributed by atoms with E-state index in [4.69, 9.17) is 0 Å². The molecule has 0 spiro atoms. The van der Waals surface area contributed by atoms with Crippen molar-refractivity contribution in [3.63, 3.8) is 0 Å². The molecule has 5 rings (SSSR count). The largest absolute Gasteiger partial charge is 0.377 e. The molecule has 1 aromatic heterocycles. The van der Waals surface area contributed by atoms with E-state index in [9.17, 15) is 0 Å². The van der Waals surface area contributed by atoms with Crippen molar-refractivity contribution in [1.82, 2.24) is 0 Å². The Kier molecular flexibility index (Phi) is 4.48. The Morgan fingerprint density at radius 3 is 1.96 bits per heavy atom. The van der Waals surface area contributed by atoms with Gasteiger partial charge in [0.2, 0.25) is 0 Å². The number of aromatic nitrogens is 1. The number of rotatable bonds is 3. The van der Waals surface area contributed by atoms with E-state index in [0.29, 0.717) is 0 Å². The molecule has 0 saturated heterocycles. The Morgan fingerprint density at radius 1 is 0.704 bits per heavy atom. The predicted molar refractivity (Wildman–Crippen MR) is 121 cm³/mol. The minimum atomic E-state index is 0. The van der Waals surface area contributed by atoms with Crippen LogP contribution in [-0.4, -0.2) is 14.1 Å². The topological polar surface area (TPSA) is 7.12 Å². The van der Waals surface area contributed by atoms with E-state index in [2.05, 4.69) is 103 Å². The highest BCUT2D eigenvalue weighted by atomic mass is 79.9. The summed E-state index contributed by atoms with van der Waals surface area (Å²) in [7, 11) is 4.14. The van der Waals surface area contributed by atoms with Crippen LogP contribution < -0.4 is 9.47 Å². The highest BCUT2D eigenvalue weighted by Crippen LogP contribution is 2.35. The second-order valence-electron chi connectivity index (χ2n) is 7.20. The molecule has 0 bridgehead atoms. The number of hydrogen-bond acceptors (Lipinski definition) is 1. The van der Waals surface area contributed by atoms with Crippen LogP contribution in [0.5, 0.6) is 0 Å². The van der Waals surface area contributed by atoms with Crippen molar-refractivity contribution in [2.75, 3.05) is 19.0 Å². The van der Waals surface area contributed by atoms with Crippen LogP contribution in [0.3, 0.4) is 0 Å². The lowest BCUT2D eigenvalue weighted by molar-refractivity contribution is -0.688.